The van der Waals surface area contributed by atoms with Crippen LogP contribution in [0.2, 0.25) is 0 Å². The molecule has 182 valence electrons. The van der Waals surface area contributed by atoms with Crippen molar-refractivity contribution in [3.63, 3.8) is 0 Å². The Labute approximate surface area is 192 Å². The number of carbonyl (C=O) groups excluding carboxylic acids is 1. The molecule has 4 N–H and O–H groups in total. The average Bonchev–Trinajstić information content (AvgIpc) is 3.09. The Balaban J connectivity index is 1.44. The molecule has 1 amide bonds. The van der Waals surface area contributed by atoms with Crippen LogP contribution in [0.3, 0.4) is 0 Å². The first-order chi connectivity index (χ1) is 15.1. The van der Waals surface area contributed by atoms with E-state index in [0.29, 0.717) is 41.9 Å². The number of hydrogen-bond donors (Lipinski definition) is 4. The molecule has 6 nitrogen and oxygen atoms in total. The SMILES string of the molecule is C[C@H](CCC(=O)NCC(=O)O)[C@H]1CC[C@H]2[C@@H]3[C@@H](O)C[C@@H]4C[C@@H](O)CC[C@]4(C)[C@H]3CC[C@]12C. The Morgan fingerprint density at radius 1 is 1.00 bits per heavy atom. The van der Waals surface area contributed by atoms with Crippen molar-refractivity contribution in [2.45, 2.75) is 97.2 Å². The summed E-state index contributed by atoms with van der Waals surface area (Å²) >= 11 is 0. The number of nitrogens with one attached hydrogen (secondary N) is 1. The summed E-state index contributed by atoms with van der Waals surface area (Å²) in [6, 6.07) is 0. The summed E-state index contributed by atoms with van der Waals surface area (Å²) in [5.74, 6) is 1.66. The van der Waals surface area contributed by atoms with E-state index < -0.39 is 5.97 Å². The lowest BCUT2D eigenvalue weighted by molar-refractivity contribution is -0.174. The molecule has 4 aliphatic carbocycles. The highest BCUT2D eigenvalue weighted by molar-refractivity contribution is 5.81. The molecule has 0 spiro atoms. The number of carboxylic acid groups (broad SMARTS) is 1. The second-order valence-electron chi connectivity index (χ2n) is 12.1. The van der Waals surface area contributed by atoms with Gasteiger partial charge in [-0.3, -0.25) is 9.59 Å². The predicted molar refractivity (Wildman–Crippen MR) is 122 cm³/mol. The van der Waals surface area contributed by atoms with E-state index in [-0.39, 0.29) is 35.5 Å². The lowest BCUT2D eigenvalue weighted by Gasteiger charge is -2.62. The molecule has 4 aliphatic rings. The lowest BCUT2D eigenvalue weighted by atomic mass is 9.43. The van der Waals surface area contributed by atoms with Crippen molar-refractivity contribution in [2.75, 3.05) is 6.54 Å². The summed E-state index contributed by atoms with van der Waals surface area (Å²) in [6.45, 7) is 6.83. The van der Waals surface area contributed by atoms with E-state index in [1.165, 1.54) is 12.8 Å². The first-order valence-corrected chi connectivity index (χ1v) is 12.9. The van der Waals surface area contributed by atoms with E-state index in [9.17, 15) is 19.8 Å². The van der Waals surface area contributed by atoms with Crippen LogP contribution < -0.4 is 5.32 Å². The minimum atomic E-state index is -1.01. The van der Waals surface area contributed by atoms with Crippen LogP contribution in [0.15, 0.2) is 0 Å². The van der Waals surface area contributed by atoms with Gasteiger partial charge in [-0.15, -0.1) is 0 Å². The number of rotatable bonds is 6. The second kappa shape index (κ2) is 8.90. The van der Waals surface area contributed by atoms with Gasteiger partial charge in [0.25, 0.3) is 0 Å². The molecular weight excluding hydrogens is 406 g/mol. The molecule has 0 aromatic carbocycles. The van der Waals surface area contributed by atoms with Crippen molar-refractivity contribution in [2.24, 2.45) is 46.3 Å². The largest absolute Gasteiger partial charge is 0.480 e. The van der Waals surface area contributed by atoms with Crippen molar-refractivity contribution < 1.29 is 24.9 Å². The molecule has 4 fully saturated rings. The van der Waals surface area contributed by atoms with Gasteiger partial charge in [0.05, 0.1) is 12.2 Å². The highest BCUT2D eigenvalue weighted by Crippen LogP contribution is 2.68. The summed E-state index contributed by atoms with van der Waals surface area (Å²) in [4.78, 5) is 22.7. The molecule has 4 saturated carbocycles. The zero-order valence-electron chi connectivity index (χ0n) is 20.1. The van der Waals surface area contributed by atoms with E-state index >= 15 is 0 Å². The fourth-order valence-electron chi connectivity index (χ4n) is 9.00. The smallest absolute Gasteiger partial charge is 0.322 e. The number of aliphatic carboxylic acids is 1. The molecule has 0 aliphatic heterocycles. The fourth-order valence-corrected chi connectivity index (χ4v) is 9.00. The standard InChI is InChI=1S/C26H43NO5/c1-15(4-7-22(30)27-14-23(31)32)18-5-6-19-24-20(9-11-26(18,19)3)25(2)10-8-17(28)12-16(25)13-21(24)29/h15-21,24,28-29H,4-14H2,1-3H3,(H,27,30)(H,31,32)/t15-,16+,17+,18-,19+,20+,21+,24+,25+,26-/m1/s1. The number of aliphatic hydroxyl groups is 2. The average molecular weight is 450 g/mol. The van der Waals surface area contributed by atoms with Crippen LogP contribution in [0.5, 0.6) is 0 Å². The van der Waals surface area contributed by atoms with Gasteiger partial charge < -0.3 is 20.6 Å². The molecular formula is C26H43NO5. The number of carbonyl (C=O) groups is 2. The van der Waals surface area contributed by atoms with E-state index in [1.54, 1.807) is 0 Å². The van der Waals surface area contributed by atoms with Crippen LogP contribution >= 0.6 is 0 Å². The third kappa shape index (κ3) is 4.11. The topological polar surface area (TPSA) is 107 Å². The van der Waals surface area contributed by atoms with Gasteiger partial charge in [-0.2, -0.15) is 0 Å². The molecule has 0 unspecified atom stereocenters. The molecule has 0 bridgehead atoms. The maximum absolute atomic E-state index is 12.0. The maximum Gasteiger partial charge on any atom is 0.322 e. The number of hydrogen-bond acceptors (Lipinski definition) is 4. The molecule has 0 saturated heterocycles. The fraction of sp³-hybridized carbons (Fsp3) is 0.923. The van der Waals surface area contributed by atoms with Crippen LogP contribution in [-0.2, 0) is 9.59 Å². The van der Waals surface area contributed by atoms with Crippen molar-refractivity contribution in [3.05, 3.63) is 0 Å². The van der Waals surface area contributed by atoms with Gasteiger partial charge in [-0.05, 0) is 104 Å². The summed E-state index contributed by atoms with van der Waals surface area (Å²) in [5, 5.41) is 32.8. The summed E-state index contributed by atoms with van der Waals surface area (Å²) in [6.07, 6.45) is 9.06. The van der Waals surface area contributed by atoms with E-state index in [1.807, 2.05) is 0 Å². The monoisotopic (exact) mass is 449 g/mol. The summed E-state index contributed by atoms with van der Waals surface area (Å²) in [5.41, 5.74) is 0.451. The third-order valence-electron chi connectivity index (χ3n) is 10.7. The van der Waals surface area contributed by atoms with Crippen LogP contribution in [0.25, 0.3) is 0 Å². The van der Waals surface area contributed by atoms with Gasteiger partial charge >= 0.3 is 5.97 Å². The van der Waals surface area contributed by atoms with Crippen molar-refractivity contribution in [1.82, 2.24) is 5.32 Å². The Morgan fingerprint density at radius 3 is 2.41 bits per heavy atom. The Kier molecular flexibility index (Phi) is 6.68. The zero-order chi connectivity index (χ0) is 23.3. The van der Waals surface area contributed by atoms with Crippen molar-refractivity contribution in [3.8, 4) is 0 Å². The molecule has 0 radical (unpaired) electrons. The minimum absolute atomic E-state index is 0.177. The molecule has 0 heterocycles. The third-order valence-corrected chi connectivity index (χ3v) is 10.7. The Bertz CT molecular complexity index is 727. The van der Waals surface area contributed by atoms with E-state index in [4.69, 9.17) is 5.11 Å². The van der Waals surface area contributed by atoms with Gasteiger partial charge in [-0.1, -0.05) is 20.8 Å². The van der Waals surface area contributed by atoms with Crippen molar-refractivity contribution >= 4 is 11.9 Å². The highest BCUT2D eigenvalue weighted by Gasteiger charge is 2.62. The zero-order valence-corrected chi connectivity index (χ0v) is 20.1. The normalized spacial score (nSPS) is 46.5. The van der Waals surface area contributed by atoms with Gasteiger partial charge in [0, 0.05) is 6.42 Å². The summed E-state index contributed by atoms with van der Waals surface area (Å²) < 4.78 is 0. The predicted octanol–water partition coefficient (Wildman–Crippen LogP) is 3.59. The van der Waals surface area contributed by atoms with Gasteiger partial charge in [-0.25, -0.2) is 0 Å². The molecule has 10 atom stereocenters. The maximum atomic E-state index is 12.0. The van der Waals surface area contributed by atoms with Crippen LogP contribution in [0.1, 0.15) is 85.0 Å². The molecule has 4 rings (SSSR count). The highest BCUT2D eigenvalue weighted by atomic mass is 16.4. The van der Waals surface area contributed by atoms with Crippen LogP contribution in [0, 0.1) is 46.3 Å². The van der Waals surface area contributed by atoms with E-state index in [2.05, 4.69) is 26.1 Å². The number of fused-ring (bicyclic) bond motifs is 5. The number of amides is 1. The molecule has 0 aromatic rings. The van der Waals surface area contributed by atoms with Crippen molar-refractivity contribution in [1.29, 1.82) is 0 Å². The van der Waals surface area contributed by atoms with Gasteiger partial charge in [0.1, 0.15) is 6.54 Å². The molecule has 0 aromatic heterocycles. The quantitative estimate of drug-likeness (QED) is 0.496. The Hall–Kier alpha value is -1.14. The Morgan fingerprint density at radius 2 is 1.69 bits per heavy atom. The van der Waals surface area contributed by atoms with Gasteiger partial charge in [0.15, 0.2) is 0 Å². The van der Waals surface area contributed by atoms with E-state index in [0.717, 1.165) is 44.9 Å². The van der Waals surface area contributed by atoms with Crippen LogP contribution in [0.4, 0.5) is 0 Å². The molecule has 6 heteroatoms. The van der Waals surface area contributed by atoms with Crippen LogP contribution in [-0.4, -0.2) is 45.9 Å². The summed E-state index contributed by atoms with van der Waals surface area (Å²) in [7, 11) is 0. The first-order valence-electron chi connectivity index (χ1n) is 12.9. The number of carboxylic acids is 1. The van der Waals surface area contributed by atoms with Gasteiger partial charge in [0.2, 0.25) is 5.91 Å². The minimum Gasteiger partial charge on any atom is -0.480 e. The number of aliphatic hydroxyl groups excluding tert-OH is 2. The first kappa shape index (κ1) is 24.0. The molecule has 32 heavy (non-hydrogen) atoms. The lowest BCUT2D eigenvalue weighted by Crippen LogP contribution is -2.58. The second-order valence-corrected chi connectivity index (χ2v) is 12.1.